The molecule has 0 aliphatic carbocycles. The fourth-order valence-electron chi connectivity index (χ4n) is 1.98. The molecule has 1 aromatic rings. The van der Waals surface area contributed by atoms with Gasteiger partial charge < -0.3 is 14.4 Å². The maximum atomic E-state index is 11.7. The molecule has 2 heterocycles. The molecule has 1 aromatic heterocycles. The van der Waals surface area contributed by atoms with Gasteiger partial charge in [-0.05, 0) is 18.6 Å². The summed E-state index contributed by atoms with van der Waals surface area (Å²) in [6.07, 6.45) is 0.911. The fraction of sp³-hybridized carbons (Fsp3) is 0.500. The SMILES string of the molecule is CN1CCCN(Cc2ccc(C(=O)O)o2)CC1=O. The number of hydrogen-bond donors (Lipinski definition) is 1. The monoisotopic (exact) mass is 252 g/mol. The van der Waals surface area contributed by atoms with Gasteiger partial charge in [0.2, 0.25) is 11.7 Å². The molecule has 1 fully saturated rings. The van der Waals surface area contributed by atoms with Crippen molar-refractivity contribution in [3.05, 3.63) is 23.7 Å². The lowest BCUT2D eigenvalue weighted by Gasteiger charge is -2.17. The molecule has 1 N–H and O–H groups in total. The normalized spacial score (nSPS) is 17.8. The van der Waals surface area contributed by atoms with E-state index in [-0.39, 0.29) is 11.7 Å². The summed E-state index contributed by atoms with van der Waals surface area (Å²) in [4.78, 5) is 26.1. The molecule has 6 heteroatoms. The lowest BCUT2D eigenvalue weighted by molar-refractivity contribution is -0.130. The average molecular weight is 252 g/mol. The number of carboxylic acid groups (broad SMARTS) is 1. The highest BCUT2D eigenvalue weighted by molar-refractivity contribution is 5.84. The lowest BCUT2D eigenvalue weighted by Crippen LogP contribution is -2.33. The van der Waals surface area contributed by atoms with Crippen molar-refractivity contribution in [3.8, 4) is 0 Å². The van der Waals surface area contributed by atoms with Gasteiger partial charge in [-0.1, -0.05) is 0 Å². The van der Waals surface area contributed by atoms with Crippen LogP contribution in [0.15, 0.2) is 16.5 Å². The molecule has 0 radical (unpaired) electrons. The van der Waals surface area contributed by atoms with Crippen LogP contribution >= 0.6 is 0 Å². The van der Waals surface area contributed by atoms with Gasteiger partial charge in [0.1, 0.15) is 5.76 Å². The highest BCUT2D eigenvalue weighted by atomic mass is 16.4. The molecule has 1 aliphatic rings. The number of hydrogen-bond acceptors (Lipinski definition) is 4. The smallest absolute Gasteiger partial charge is 0.371 e. The lowest BCUT2D eigenvalue weighted by atomic mass is 10.3. The van der Waals surface area contributed by atoms with Crippen LogP contribution in [0.4, 0.5) is 0 Å². The second kappa shape index (κ2) is 5.22. The van der Waals surface area contributed by atoms with Crippen LogP contribution in [0, 0.1) is 0 Å². The average Bonchev–Trinajstić information content (AvgIpc) is 2.71. The summed E-state index contributed by atoms with van der Waals surface area (Å²) < 4.78 is 5.18. The second-order valence-corrected chi connectivity index (χ2v) is 4.45. The van der Waals surface area contributed by atoms with Crippen molar-refractivity contribution in [1.29, 1.82) is 0 Å². The maximum absolute atomic E-state index is 11.7. The number of carbonyl (C=O) groups excluding carboxylic acids is 1. The number of rotatable bonds is 3. The predicted octanol–water partition coefficient (Wildman–Crippen LogP) is 0.642. The first-order chi connectivity index (χ1) is 8.56. The Balaban J connectivity index is 1.99. The van der Waals surface area contributed by atoms with Gasteiger partial charge in [-0.25, -0.2) is 4.79 Å². The number of carboxylic acids is 1. The van der Waals surface area contributed by atoms with Crippen LogP contribution in [0.2, 0.25) is 0 Å². The largest absolute Gasteiger partial charge is 0.475 e. The molecule has 6 nitrogen and oxygen atoms in total. The molecule has 1 amide bonds. The van der Waals surface area contributed by atoms with Crippen LogP contribution in [-0.4, -0.2) is 53.5 Å². The van der Waals surface area contributed by atoms with E-state index < -0.39 is 5.97 Å². The van der Waals surface area contributed by atoms with Crippen LogP contribution in [0.3, 0.4) is 0 Å². The Morgan fingerprint density at radius 2 is 2.22 bits per heavy atom. The molecule has 0 atom stereocenters. The molecule has 0 spiro atoms. The van der Waals surface area contributed by atoms with Crippen LogP contribution in [-0.2, 0) is 11.3 Å². The summed E-state index contributed by atoms with van der Waals surface area (Å²) in [5, 5.41) is 8.76. The number of furan rings is 1. The van der Waals surface area contributed by atoms with Gasteiger partial charge in [-0.15, -0.1) is 0 Å². The van der Waals surface area contributed by atoms with Crippen molar-refractivity contribution in [3.63, 3.8) is 0 Å². The van der Waals surface area contributed by atoms with Crippen LogP contribution in [0.5, 0.6) is 0 Å². The highest BCUT2D eigenvalue weighted by Gasteiger charge is 2.20. The molecule has 1 aliphatic heterocycles. The summed E-state index contributed by atoms with van der Waals surface area (Å²) in [5.74, 6) is -0.488. The Morgan fingerprint density at radius 1 is 1.44 bits per heavy atom. The number of likely N-dealkylation sites (N-methyl/N-ethyl adjacent to an activating group) is 1. The minimum Gasteiger partial charge on any atom is -0.475 e. The van der Waals surface area contributed by atoms with Crippen molar-refractivity contribution in [1.82, 2.24) is 9.80 Å². The van der Waals surface area contributed by atoms with Crippen molar-refractivity contribution in [2.24, 2.45) is 0 Å². The topological polar surface area (TPSA) is 74.0 Å². The van der Waals surface area contributed by atoms with E-state index in [1.54, 1.807) is 18.0 Å². The van der Waals surface area contributed by atoms with Crippen molar-refractivity contribution in [2.45, 2.75) is 13.0 Å². The van der Waals surface area contributed by atoms with E-state index in [0.717, 1.165) is 19.5 Å². The van der Waals surface area contributed by atoms with E-state index in [2.05, 4.69) is 0 Å². The van der Waals surface area contributed by atoms with Crippen molar-refractivity contribution >= 4 is 11.9 Å². The molecule has 0 aromatic carbocycles. The first-order valence-corrected chi connectivity index (χ1v) is 5.84. The highest BCUT2D eigenvalue weighted by Crippen LogP contribution is 2.12. The first kappa shape index (κ1) is 12.6. The van der Waals surface area contributed by atoms with Crippen molar-refractivity contribution in [2.75, 3.05) is 26.7 Å². The molecule has 98 valence electrons. The van der Waals surface area contributed by atoms with Gasteiger partial charge in [0.15, 0.2) is 0 Å². The number of nitrogens with zero attached hydrogens (tertiary/aromatic N) is 2. The predicted molar refractivity (Wildman–Crippen MR) is 63.2 cm³/mol. The number of amides is 1. The molecule has 18 heavy (non-hydrogen) atoms. The van der Waals surface area contributed by atoms with Crippen molar-refractivity contribution < 1.29 is 19.1 Å². The summed E-state index contributed by atoms with van der Waals surface area (Å²) in [6.45, 7) is 2.37. The molecule has 0 bridgehead atoms. The van der Waals surface area contributed by atoms with E-state index in [9.17, 15) is 9.59 Å². The van der Waals surface area contributed by atoms with E-state index in [1.165, 1.54) is 6.07 Å². The van der Waals surface area contributed by atoms with E-state index in [4.69, 9.17) is 9.52 Å². The van der Waals surface area contributed by atoms with Gasteiger partial charge in [0.25, 0.3) is 0 Å². The van der Waals surface area contributed by atoms with Gasteiger partial charge >= 0.3 is 5.97 Å². The quantitative estimate of drug-likeness (QED) is 0.854. The van der Waals surface area contributed by atoms with Gasteiger partial charge in [-0.2, -0.15) is 0 Å². The molecule has 1 saturated heterocycles. The number of aromatic carboxylic acids is 1. The Bertz CT molecular complexity index is 455. The van der Waals surface area contributed by atoms with E-state index in [1.807, 2.05) is 4.90 Å². The maximum Gasteiger partial charge on any atom is 0.371 e. The standard InChI is InChI=1S/C12H16N2O4/c1-13-5-2-6-14(8-11(13)15)7-9-3-4-10(18-9)12(16)17/h3-4H,2,5-8H2,1H3,(H,16,17). The third-order valence-corrected chi connectivity index (χ3v) is 3.00. The van der Waals surface area contributed by atoms with E-state index in [0.29, 0.717) is 18.8 Å². The summed E-state index contributed by atoms with van der Waals surface area (Å²) in [7, 11) is 1.79. The number of carbonyl (C=O) groups is 2. The summed E-state index contributed by atoms with van der Waals surface area (Å²) >= 11 is 0. The zero-order valence-electron chi connectivity index (χ0n) is 10.3. The van der Waals surface area contributed by atoms with Crippen LogP contribution in [0.25, 0.3) is 0 Å². The Kier molecular flexibility index (Phi) is 3.66. The zero-order chi connectivity index (χ0) is 13.1. The Hall–Kier alpha value is -1.82. The van der Waals surface area contributed by atoms with Crippen LogP contribution in [0.1, 0.15) is 22.7 Å². The van der Waals surface area contributed by atoms with Gasteiger partial charge in [0, 0.05) is 20.1 Å². The van der Waals surface area contributed by atoms with Gasteiger partial charge in [0.05, 0.1) is 13.1 Å². The summed E-state index contributed by atoms with van der Waals surface area (Å²) in [5.41, 5.74) is 0. The Morgan fingerprint density at radius 3 is 2.89 bits per heavy atom. The molecule has 0 saturated carbocycles. The third kappa shape index (κ3) is 2.89. The fourth-order valence-corrected chi connectivity index (χ4v) is 1.98. The van der Waals surface area contributed by atoms with Gasteiger partial charge in [-0.3, -0.25) is 9.69 Å². The second-order valence-electron chi connectivity index (χ2n) is 4.45. The zero-order valence-corrected chi connectivity index (χ0v) is 10.3. The minimum atomic E-state index is -1.08. The molecular formula is C12H16N2O4. The minimum absolute atomic E-state index is 0.0664. The molecular weight excluding hydrogens is 236 g/mol. The first-order valence-electron chi connectivity index (χ1n) is 5.84. The Labute approximate surface area is 105 Å². The van der Waals surface area contributed by atoms with E-state index >= 15 is 0 Å². The molecule has 2 rings (SSSR count). The third-order valence-electron chi connectivity index (χ3n) is 3.00. The summed E-state index contributed by atoms with van der Waals surface area (Å²) in [6, 6.07) is 3.08. The molecule has 0 unspecified atom stereocenters. The van der Waals surface area contributed by atoms with Crippen LogP contribution < -0.4 is 0 Å².